The minimum atomic E-state index is -3.72. The molecule has 1 unspecified atom stereocenters. The number of carboxylic acids is 1. The van der Waals surface area contributed by atoms with Crippen LogP contribution in [-0.2, 0) is 27.0 Å². The number of ether oxygens (including phenoxy) is 2. The molecule has 2 aromatic carbocycles. The second-order valence-corrected chi connectivity index (χ2v) is 10.5. The van der Waals surface area contributed by atoms with Gasteiger partial charge in [-0.1, -0.05) is 26.8 Å². The van der Waals surface area contributed by atoms with Crippen molar-refractivity contribution in [2.24, 2.45) is 0 Å². The van der Waals surface area contributed by atoms with Gasteiger partial charge in [0.25, 0.3) is 5.97 Å². The number of halogens is 2. The van der Waals surface area contributed by atoms with E-state index >= 15 is 0 Å². The normalized spacial score (nSPS) is 18.1. The smallest absolute Gasteiger partial charge is 0.482 e. The third-order valence-electron chi connectivity index (χ3n) is 6.76. The highest BCUT2D eigenvalue weighted by Gasteiger charge is 2.52. The Labute approximate surface area is 207 Å². The molecule has 186 valence electrons. The van der Waals surface area contributed by atoms with Gasteiger partial charge in [0.2, 0.25) is 5.91 Å². The number of carbonyl (C=O) groups is 2. The van der Waals surface area contributed by atoms with E-state index in [9.17, 15) is 23.5 Å². The van der Waals surface area contributed by atoms with Gasteiger partial charge in [0, 0.05) is 40.1 Å². The fourth-order valence-corrected chi connectivity index (χ4v) is 4.71. The predicted molar refractivity (Wildman–Crippen MR) is 130 cm³/mol. The number of carboxylic acid groups (broad SMARTS) is 1. The molecule has 0 saturated heterocycles. The summed E-state index contributed by atoms with van der Waals surface area (Å²) in [6.07, 6.45) is -2.56. The molecule has 3 aromatic rings. The summed E-state index contributed by atoms with van der Waals surface area (Å²) in [5.74, 6) is -2.53. The zero-order valence-electron chi connectivity index (χ0n) is 20.1. The van der Waals surface area contributed by atoms with E-state index in [-0.39, 0.29) is 29.4 Å². The van der Waals surface area contributed by atoms with Gasteiger partial charge in [-0.25, -0.2) is 0 Å². The highest BCUT2D eigenvalue weighted by molar-refractivity contribution is 6.22. The number of nitrogens with one attached hydrogen (secondary N) is 1. The predicted octanol–water partition coefficient (Wildman–Crippen LogP) is 4.97. The SMILES string of the molecule is [B]C(Cn1c(C(C)(C)C)cc2cc(NC(=O)C3(c4ccc5c(c4)OC(F)(F)O5)CC3)ccc21)C(=O)O. The molecule has 1 aromatic heterocycles. The van der Waals surface area contributed by atoms with Gasteiger partial charge in [0.15, 0.2) is 11.5 Å². The molecule has 1 amide bonds. The first-order chi connectivity index (χ1) is 16.8. The van der Waals surface area contributed by atoms with Crippen LogP contribution in [0.4, 0.5) is 14.5 Å². The molecule has 2 aliphatic rings. The summed E-state index contributed by atoms with van der Waals surface area (Å²) in [5.41, 5.74) is 1.80. The Kier molecular flexibility index (Phi) is 5.35. The Bertz CT molecular complexity index is 1390. The Balaban J connectivity index is 1.42. The molecule has 5 rings (SSSR count). The molecule has 7 nitrogen and oxygen atoms in total. The van der Waals surface area contributed by atoms with Gasteiger partial charge in [-0.2, -0.15) is 0 Å². The largest absolute Gasteiger partial charge is 0.586 e. The minimum Gasteiger partial charge on any atom is -0.482 e. The van der Waals surface area contributed by atoms with Gasteiger partial charge in [-0.3, -0.25) is 9.59 Å². The fraction of sp³-hybridized carbons (Fsp3) is 0.385. The Morgan fingerprint density at radius 3 is 2.44 bits per heavy atom. The van der Waals surface area contributed by atoms with Crippen molar-refractivity contribution in [1.29, 1.82) is 0 Å². The lowest BCUT2D eigenvalue weighted by molar-refractivity contribution is -0.286. The maximum Gasteiger partial charge on any atom is 0.586 e. The molecular weight excluding hydrogens is 469 g/mol. The van der Waals surface area contributed by atoms with Crippen LogP contribution >= 0.6 is 0 Å². The summed E-state index contributed by atoms with van der Waals surface area (Å²) in [6, 6.07) is 11.8. The molecule has 1 fully saturated rings. The van der Waals surface area contributed by atoms with Crippen LogP contribution < -0.4 is 14.8 Å². The zero-order chi connectivity index (χ0) is 26.0. The van der Waals surface area contributed by atoms with Gasteiger partial charge < -0.3 is 24.5 Å². The number of alkyl halides is 2. The first kappa shape index (κ1) is 24.2. The van der Waals surface area contributed by atoms with Gasteiger partial charge in [0.05, 0.1) is 13.3 Å². The Morgan fingerprint density at radius 2 is 1.81 bits per heavy atom. The molecular formula is C26H25BF2N2O5. The number of anilines is 1. The summed E-state index contributed by atoms with van der Waals surface area (Å²) in [4.78, 5) is 24.7. The van der Waals surface area contributed by atoms with Crippen LogP contribution in [0.15, 0.2) is 42.5 Å². The second-order valence-electron chi connectivity index (χ2n) is 10.5. The number of amides is 1. The maximum atomic E-state index is 13.4. The van der Waals surface area contributed by atoms with Gasteiger partial charge in [-0.15, -0.1) is 8.78 Å². The molecule has 1 aliphatic heterocycles. The third kappa shape index (κ3) is 4.18. The molecule has 1 atom stereocenters. The second kappa shape index (κ2) is 7.98. The number of hydrogen-bond donors (Lipinski definition) is 2. The van der Waals surface area contributed by atoms with E-state index in [1.165, 1.54) is 12.1 Å². The molecule has 2 heterocycles. The average molecular weight is 494 g/mol. The minimum absolute atomic E-state index is 0.0628. The molecule has 1 saturated carbocycles. The van der Waals surface area contributed by atoms with Gasteiger partial charge >= 0.3 is 6.29 Å². The Hall–Kier alpha value is -3.56. The number of carbonyl (C=O) groups excluding carboxylic acids is 1. The quantitative estimate of drug-likeness (QED) is 0.473. The summed E-state index contributed by atoms with van der Waals surface area (Å²) in [7, 11) is 5.83. The van der Waals surface area contributed by atoms with Crippen LogP contribution in [0.25, 0.3) is 10.9 Å². The number of aliphatic carboxylic acids is 1. The van der Waals surface area contributed by atoms with E-state index in [0.717, 1.165) is 16.6 Å². The topological polar surface area (TPSA) is 89.8 Å². The van der Waals surface area contributed by atoms with Crippen LogP contribution in [0.2, 0.25) is 5.82 Å². The van der Waals surface area contributed by atoms with Crippen molar-refractivity contribution < 1.29 is 33.0 Å². The van der Waals surface area contributed by atoms with E-state index in [0.29, 0.717) is 24.1 Å². The Morgan fingerprint density at radius 1 is 1.11 bits per heavy atom. The zero-order valence-corrected chi connectivity index (χ0v) is 20.1. The number of hydrogen-bond acceptors (Lipinski definition) is 4. The van der Waals surface area contributed by atoms with Gasteiger partial charge in [-0.05, 0) is 54.8 Å². The molecule has 0 spiro atoms. The van der Waals surface area contributed by atoms with Crippen LogP contribution in [0.1, 0.15) is 44.9 Å². The number of nitrogens with zero attached hydrogens (tertiary/aromatic N) is 1. The van der Waals surface area contributed by atoms with E-state index < -0.39 is 23.5 Å². The standard InChI is InChI=1S/C26H25BF2N2O5/c1-24(2,3)21-11-14-10-16(5-6-18(14)31(21)13-17(27)22(32)33)30-23(34)25(8-9-25)15-4-7-19-20(12-15)36-26(28,29)35-19/h4-7,10-12,17H,8-9,13H2,1-3H3,(H,30,34)(H,32,33). The average Bonchev–Trinajstić information content (AvgIpc) is 3.42. The first-order valence-corrected chi connectivity index (χ1v) is 11.6. The number of fused-ring (bicyclic) bond motifs is 2. The first-order valence-electron chi connectivity index (χ1n) is 11.6. The van der Waals surface area contributed by atoms with Crippen LogP contribution in [0.5, 0.6) is 11.5 Å². The summed E-state index contributed by atoms with van der Waals surface area (Å²) < 4.78 is 37.7. The monoisotopic (exact) mass is 494 g/mol. The van der Waals surface area contributed by atoms with Crippen molar-refractivity contribution >= 4 is 36.3 Å². The molecule has 2 radical (unpaired) electrons. The van der Waals surface area contributed by atoms with Crippen molar-refractivity contribution in [3.8, 4) is 11.5 Å². The van der Waals surface area contributed by atoms with E-state index in [2.05, 4.69) is 14.8 Å². The summed E-state index contributed by atoms with van der Waals surface area (Å²) >= 11 is 0. The highest BCUT2D eigenvalue weighted by Crippen LogP contribution is 2.52. The highest BCUT2D eigenvalue weighted by atomic mass is 19.3. The van der Waals surface area contributed by atoms with Crippen LogP contribution in [0, 0.1) is 0 Å². The lowest BCUT2D eigenvalue weighted by atomic mass is 9.86. The van der Waals surface area contributed by atoms with E-state index in [1.807, 2.05) is 43.5 Å². The molecule has 36 heavy (non-hydrogen) atoms. The van der Waals surface area contributed by atoms with Crippen molar-refractivity contribution in [3.63, 3.8) is 0 Å². The third-order valence-corrected chi connectivity index (χ3v) is 6.76. The van der Waals surface area contributed by atoms with E-state index in [1.54, 1.807) is 12.1 Å². The summed E-state index contributed by atoms with van der Waals surface area (Å²) in [6.45, 7) is 6.21. The summed E-state index contributed by atoms with van der Waals surface area (Å²) in [5, 5.41) is 13.1. The van der Waals surface area contributed by atoms with E-state index in [4.69, 9.17) is 7.85 Å². The lowest BCUT2D eigenvalue weighted by Crippen LogP contribution is -2.27. The molecule has 2 N–H and O–H groups in total. The number of aromatic nitrogens is 1. The fourth-order valence-electron chi connectivity index (χ4n) is 4.71. The van der Waals surface area contributed by atoms with Crippen molar-refractivity contribution in [2.75, 3.05) is 5.32 Å². The van der Waals surface area contributed by atoms with Crippen molar-refractivity contribution in [3.05, 3.63) is 53.7 Å². The van der Waals surface area contributed by atoms with Crippen LogP contribution in [-0.4, -0.2) is 35.7 Å². The maximum absolute atomic E-state index is 13.4. The van der Waals surface area contributed by atoms with Crippen LogP contribution in [0.3, 0.4) is 0 Å². The molecule has 0 bridgehead atoms. The van der Waals surface area contributed by atoms with Gasteiger partial charge in [0.1, 0.15) is 0 Å². The molecule has 1 aliphatic carbocycles. The van der Waals surface area contributed by atoms with Crippen molar-refractivity contribution in [1.82, 2.24) is 4.57 Å². The molecule has 10 heteroatoms. The lowest BCUT2D eigenvalue weighted by Gasteiger charge is -2.23. The number of rotatable bonds is 6. The van der Waals surface area contributed by atoms with Crippen molar-refractivity contribution in [2.45, 2.75) is 63.1 Å². The number of benzene rings is 2.